The first kappa shape index (κ1) is 16.2. The monoisotopic (exact) mass is 368 g/mol. The van der Waals surface area contributed by atoms with Crippen molar-refractivity contribution >= 4 is 43.2 Å². The van der Waals surface area contributed by atoms with Gasteiger partial charge in [-0.05, 0) is 28.4 Å². The molecule has 0 bridgehead atoms. The number of hydrogen-bond donors (Lipinski definition) is 2. The highest BCUT2D eigenvalue weighted by Crippen LogP contribution is 2.34. The highest BCUT2D eigenvalue weighted by atomic mass is 79.9. The molecular formula is C11H11BrClFN2O2S. The zero-order chi connectivity index (χ0) is 14.8. The van der Waals surface area contributed by atoms with E-state index < -0.39 is 26.8 Å². The maximum Gasteiger partial charge on any atom is 0.244 e. The summed E-state index contributed by atoms with van der Waals surface area (Å²) in [6.45, 7) is 1.70. The second kappa shape index (κ2) is 6.09. The smallest absolute Gasteiger partial charge is 0.244 e. The second-order valence-corrected chi connectivity index (χ2v) is 6.53. The van der Waals surface area contributed by atoms with Crippen LogP contribution in [0.15, 0.2) is 15.4 Å². The molecule has 19 heavy (non-hydrogen) atoms. The molecular weight excluding hydrogens is 359 g/mol. The average Bonchev–Trinajstić information content (AvgIpc) is 2.37. The first-order valence-corrected chi connectivity index (χ1v) is 7.81. The van der Waals surface area contributed by atoms with Crippen LogP contribution in [0.2, 0.25) is 5.02 Å². The number of nitrogens with two attached hydrogens (primary N) is 1. The Kier molecular flexibility index (Phi) is 5.21. The summed E-state index contributed by atoms with van der Waals surface area (Å²) in [7, 11) is -4.13. The van der Waals surface area contributed by atoms with E-state index in [2.05, 4.69) is 26.6 Å². The third-order valence-corrected chi connectivity index (χ3v) is 5.20. The molecule has 0 heterocycles. The predicted molar refractivity (Wildman–Crippen MR) is 76.8 cm³/mol. The molecule has 1 atom stereocenters. The Morgan fingerprint density at radius 1 is 1.68 bits per heavy atom. The van der Waals surface area contributed by atoms with E-state index in [4.69, 9.17) is 23.8 Å². The van der Waals surface area contributed by atoms with Gasteiger partial charge in [-0.25, -0.2) is 12.8 Å². The minimum Gasteiger partial charge on any atom is -0.395 e. The Bertz CT molecular complexity index is 643. The fourth-order valence-electron chi connectivity index (χ4n) is 1.28. The molecule has 104 valence electrons. The second-order valence-electron chi connectivity index (χ2n) is 3.65. The van der Waals surface area contributed by atoms with Gasteiger partial charge in [-0.2, -0.15) is 4.72 Å². The molecule has 1 aromatic carbocycles. The summed E-state index contributed by atoms with van der Waals surface area (Å²) in [4.78, 5) is -0.632. The topological polar surface area (TPSA) is 72.2 Å². The van der Waals surface area contributed by atoms with Gasteiger partial charge in [-0.15, -0.1) is 6.42 Å². The van der Waals surface area contributed by atoms with Crippen molar-refractivity contribution in [2.45, 2.75) is 24.3 Å². The number of anilines is 1. The Labute approximate surface area is 124 Å². The molecule has 1 aromatic rings. The maximum absolute atomic E-state index is 13.9. The van der Waals surface area contributed by atoms with E-state index in [9.17, 15) is 12.8 Å². The van der Waals surface area contributed by atoms with Gasteiger partial charge in [0.15, 0.2) is 5.82 Å². The van der Waals surface area contributed by atoms with Crippen molar-refractivity contribution in [3.63, 3.8) is 0 Å². The lowest BCUT2D eigenvalue weighted by Gasteiger charge is -2.14. The van der Waals surface area contributed by atoms with Crippen LogP contribution < -0.4 is 10.5 Å². The van der Waals surface area contributed by atoms with Gasteiger partial charge in [-0.1, -0.05) is 24.4 Å². The molecule has 0 saturated carbocycles. The van der Waals surface area contributed by atoms with Crippen LogP contribution >= 0.6 is 27.5 Å². The van der Waals surface area contributed by atoms with E-state index in [1.807, 2.05) is 0 Å². The van der Waals surface area contributed by atoms with Crippen LogP contribution in [0.4, 0.5) is 10.1 Å². The molecule has 0 spiro atoms. The van der Waals surface area contributed by atoms with E-state index in [0.717, 1.165) is 6.07 Å². The van der Waals surface area contributed by atoms with E-state index in [0.29, 0.717) is 6.42 Å². The minimum absolute atomic E-state index is 0.00645. The van der Waals surface area contributed by atoms with Crippen LogP contribution in [0.25, 0.3) is 0 Å². The quantitative estimate of drug-likeness (QED) is 0.487. The molecule has 3 N–H and O–H groups in total. The number of nitrogen functional groups attached to an aromatic ring is 1. The fourth-order valence-corrected chi connectivity index (χ4v) is 3.20. The van der Waals surface area contributed by atoms with Gasteiger partial charge in [-0.3, -0.25) is 0 Å². The standard InChI is InChI=1S/C11H11BrClFN2O2S/c1-3-6(4-2)16-19(17,18)8-5-7(13)9(12)11(15)10(8)14/h1,5-6,16H,4,15H2,2H3. The summed E-state index contributed by atoms with van der Waals surface area (Å²) in [5, 5.41) is -0.00645. The summed E-state index contributed by atoms with van der Waals surface area (Å²) < 4.78 is 40.2. The largest absolute Gasteiger partial charge is 0.395 e. The van der Waals surface area contributed by atoms with Crippen molar-refractivity contribution in [1.29, 1.82) is 0 Å². The molecule has 1 unspecified atom stereocenters. The fraction of sp³-hybridized carbons (Fsp3) is 0.273. The summed E-state index contributed by atoms with van der Waals surface area (Å²) in [6, 6.07) is 0.246. The van der Waals surface area contributed by atoms with Crippen LogP contribution in [0.5, 0.6) is 0 Å². The minimum atomic E-state index is -4.13. The normalized spacial score (nSPS) is 13.0. The van der Waals surface area contributed by atoms with Gasteiger partial charge >= 0.3 is 0 Å². The summed E-state index contributed by atoms with van der Waals surface area (Å²) in [5.41, 5.74) is 5.06. The average molecular weight is 370 g/mol. The molecule has 0 amide bonds. The molecule has 0 aliphatic carbocycles. The zero-order valence-corrected chi connectivity index (χ0v) is 13.0. The Morgan fingerprint density at radius 2 is 2.26 bits per heavy atom. The maximum atomic E-state index is 13.9. The number of terminal acetylenes is 1. The first-order valence-electron chi connectivity index (χ1n) is 5.16. The Hall–Kier alpha value is -0.810. The van der Waals surface area contributed by atoms with Crippen LogP contribution in [-0.4, -0.2) is 14.5 Å². The van der Waals surface area contributed by atoms with Gasteiger partial charge in [0.1, 0.15) is 4.90 Å². The molecule has 4 nitrogen and oxygen atoms in total. The van der Waals surface area contributed by atoms with Crippen molar-refractivity contribution < 1.29 is 12.8 Å². The number of hydrogen-bond acceptors (Lipinski definition) is 3. The molecule has 0 radical (unpaired) electrons. The number of benzene rings is 1. The van der Waals surface area contributed by atoms with E-state index in [1.54, 1.807) is 6.92 Å². The summed E-state index contributed by atoms with van der Waals surface area (Å²) >= 11 is 8.74. The van der Waals surface area contributed by atoms with Gasteiger partial charge in [0.05, 0.1) is 21.2 Å². The lowest BCUT2D eigenvalue weighted by molar-refractivity contribution is 0.551. The van der Waals surface area contributed by atoms with Crippen molar-refractivity contribution in [3.8, 4) is 12.3 Å². The molecule has 1 rings (SSSR count). The van der Waals surface area contributed by atoms with E-state index in [1.165, 1.54) is 0 Å². The van der Waals surface area contributed by atoms with Crippen LogP contribution in [0.1, 0.15) is 13.3 Å². The van der Waals surface area contributed by atoms with Crippen LogP contribution in [0, 0.1) is 18.2 Å². The zero-order valence-electron chi connectivity index (χ0n) is 9.88. The van der Waals surface area contributed by atoms with Crippen molar-refractivity contribution in [2.24, 2.45) is 0 Å². The van der Waals surface area contributed by atoms with Gasteiger partial charge < -0.3 is 5.73 Å². The van der Waals surface area contributed by atoms with Crippen molar-refractivity contribution in [3.05, 3.63) is 21.4 Å². The molecule has 0 aliphatic rings. The Morgan fingerprint density at radius 3 is 2.74 bits per heavy atom. The van der Waals surface area contributed by atoms with Gasteiger partial charge in [0, 0.05) is 0 Å². The molecule has 0 fully saturated rings. The van der Waals surface area contributed by atoms with Gasteiger partial charge in [0.2, 0.25) is 10.0 Å². The SMILES string of the molecule is C#CC(CC)NS(=O)(=O)c1cc(Cl)c(Br)c(N)c1F. The summed E-state index contributed by atoms with van der Waals surface area (Å²) in [6.07, 6.45) is 5.53. The number of rotatable bonds is 4. The van der Waals surface area contributed by atoms with Crippen LogP contribution in [-0.2, 0) is 10.0 Å². The third-order valence-electron chi connectivity index (χ3n) is 2.35. The molecule has 0 aliphatic heterocycles. The molecule has 8 heteroatoms. The van der Waals surface area contributed by atoms with Gasteiger partial charge in [0.25, 0.3) is 0 Å². The van der Waals surface area contributed by atoms with E-state index in [-0.39, 0.29) is 15.2 Å². The Balaban J connectivity index is 3.35. The van der Waals surface area contributed by atoms with E-state index >= 15 is 0 Å². The predicted octanol–water partition coefficient (Wildman–Crippen LogP) is 2.51. The third kappa shape index (κ3) is 3.39. The number of halogens is 3. The lowest BCUT2D eigenvalue weighted by atomic mass is 10.3. The molecule has 0 saturated heterocycles. The van der Waals surface area contributed by atoms with Crippen molar-refractivity contribution in [1.82, 2.24) is 4.72 Å². The number of nitrogens with one attached hydrogen (secondary N) is 1. The summed E-state index contributed by atoms with van der Waals surface area (Å²) in [5.74, 6) is 1.18. The highest BCUT2D eigenvalue weighted by Gasteiger charge is 2.25. The van der Waals surface area contributed by atoms with Crippen LogP contribution in [0.3, 0.4) is 0 Å². The highest BCUT2D eigenvalue weighted by molar-refractivity contribution is 9.10. The lowest BCUT2D eigenvalue weighted by Crippen LogP contribution is -2.33. The molecule has 0 aromatic heterocycles. The number of sulfonamides is 1. The van der Waals surface area contributed by atoms with Crippen molar-refractivity contribution in [2.75, 3.05) is 5.73 Å². The first-order chi connectivity index (χ1) is 8.74.